The molecule has 2 aromatic rings. The Morgan fingerprint density at radius 2 is 1.90 bits per heavy atom. The molecule has 2 atom stereocenters. The number of carbonyl (C=O) groups is 1. The Kier molecular flexibility index (Phi) is 3.81. The molecular formula is C16H13BrClNO. The predicted molar refractivity (Wildman–Crippen MR) is 85.1 cm³/mol. The molecule has 102 valence electrons. The van der Waals surface area contributed by atoms with Crippen molar-refractivity contribution in [1.29, 1.82) is 0 Å². The van der Waals surface area contributed by atoms with Crippen LogP contribution >= 0.6 is 27.5 Å². The van der Waals surface area contributed by atoms with E-state index in [2.05, 4.69) is 33.4 Å². The number of hydrogen-bond donors (Lipinski definition) is 1. The molecule has 1 N–H and O–H groups in total. The number of rotatable bonds is 3. The van der Waals surface area contributed by atoms with Gasteiger partial charge in [0.1, 0.15) is 0 Å². The summed E-state index contributed by atoms with van der Waals surface area (Å²) in [6, 6.07) is 15.6. The lowest BCUT2D eigenvalue weighted by atomic mass is 10.1. The Balaban J connectivity index is 1.69. The minimum Gasteiger partial charge on any atom is -0.325 e. The fourth-order valence-electron chi connectivity index (χ4n) is 2.38. The van der Waals surface area contributed by atoms with E-state index in [4.69, 9.17) is 11.6 Å². The van der Waals surface area contributed by atoms with Crippen molar-refractivity contribution < 1.29 is 4.79 Å². The molecule has 1 fully saturated rings. The zero-order valence-corrected chi connectivity index (χ0v) is 13.0. The maximum Gasteiger partial charge on any atom is 0.228 e. The Bertz CT molecular complexity index is 644. The molecule has 0 radical (unpaired) electrons. The van der Waals surface area contributed by atoms with E-state index in [0.717, 1.165) is 16.6 Å². The molecule has 0 spiro atoms. The number of hydrogen-bond acceptors (Lipinski definition) is 1. The summed E-state index contributed by atoms with van der Waals surface area (Å²) in [6.07, 6.45) is 0.911. The average Bonchev–Trinajstić information content (AvgIpc) is 3.25. The fraction of sp³-hybridized carbons (Fsp3) is 0.188. The molecule has 0 saturated heterocycles. The van der Waals surface area contributed by atoms with E-state index in [1.807, 2.05) is 30.3 Å². The number of carbonyl (C=O) groups excluding carboxylic acids is 1. The highest BCUT2D eigenvalue weighted by atomic mass is 79.9. The molecule has 3 rings (SSSR count). The monoisotopic (exact) mass is 349 g/mol. The van der Waals surface area contributed by atoms with Gasteiger partial charge in [0.2, 0.25) is 5.91 Å². The van der Waals surface area contributed by atoms with Gasteiger partial charge in [0.25, 0.3) is 0 Å². The van der Waals surface area contributed by atoms with Gasteiger partial charge in [0.15, 0.2) is 0 Å². The van der Waals surface area contributed by atoms with Gasteiger partial charge < -0.3 is 5.32 Å². The van der Waals surface area contributed by atoms with Gasteiger partial charge in [0, 0.05) is 5.92 Å². The summed E-state index contributed by atoms with van der Waals surface area (Å²) >= 11 is 9.41. The van der Waals surface area contributed by atoms with Crippen molar-refractivity contribution >= 4 is 39.1 Å². The van der Waals surface area contributed by atoms with Crippen LogP contribution in [0.1, 0.15) is 17.9 Å². The van der Waals surface area contributed by atoms with E-state index in [1.165, 1.54) is 5.56 Å². The maximum absolute atomic E-state index is 12.2. The van der Waals surface area contributed by atoms with Crippen molar-refractivity contribution in [3.63, 3.8) is 0 Å². The van der Waals surface area contributed by atoms with Gasteiger partial charge in [-0.2, -0.15) is 0 Å². The zero-order chi connectivity index (χ0) is 14.1. The normalized spacial score (nSPS) is 20.5. The van der Waals surface area contributed by atoms with Crippen molar-refractivity contribution in [3.05, 3.63) is 63.6 Å². The lowest BCUT2D eigenvalue weighted by Gasteiger charge is -2.08. The van der Waals surface area contributed by atoms with Crippen LogP contribution in [0.2, 0.25) is 5.02 Å². The van der Waals surface area contributed by atoms with Crippen LogP contribution < -0.4 is 5.32 Å². The van der Waals surface area contributed by atoms with Crippen molar-refractivity contribution in [1.82, 2.24) is 0 Å². The highest BCUT2D eigenvalue weighted by Gasteiger charge is 2.43. The number of nitrogens with one attached hydrogen (secondary N) is 1. The van der Waals surface area contributed by atoms with Crippen LogP contribution in [0.4, 0.5) is 5.69 Å². The summed E-state index contributed by atoms with van der Waals surface area (Å²) < 4.78 is 0.729. The van der Waals surface area contributed by atoms with Gasteiger partial charge in [-0.15, -0.1) is 0 Å². The molecule has 0 aliphatic heterocycles. The summed E-state index contributed by atoms with van der Waals surface area (Å²) in [4.78, 5) is 12.2. The zero-order valence-electron chi connectivity index (χ0n) is 10.6. The van der Waals surface area contributed by atoms with Crippen LogP contribution in [0.15, 0.2) is 53.0 Å². The van der Waals surface area contributed by atoms with Crippen molar-refractivity contribution in [3.8, 4) is 0 Å². The first-order chi connectivity index (χ1) is 9.66. The molecule has 4 heteroatoms. The van der Waals surface area contributed by atoms with Gasteiger partial charge in [0.05, 0.1) is 15.2 Å². The van der Waals surface area contributed by atoms with E-state index in [-0.39, 0.29) is 11.8 Å². The quantitative estimate of drug-likeness (QED) is 0.843. The van der Waals surface area contributed by atoms with Gasteiger partial charge in [-0.1, -0.05) is 48.0 Å². The van der Waals surface area contributed by atoms with Crippen LogP contribution in [-0.2, 0) is 4.79 Å². The molecule has 2 unspecified atom stereocenters. The smallest absolute Gasteiger partial charge is 0.228 e. The molecule has 2 nitrogen and oxygen atoms in total. The van der Waals surface area contributed by atoms with Gasteiger partial charge >= 0.3 is 0 Å². The van der Waals surface area contributed by atoms with Gasteiger partial charge in [-0.3, -0.25) is 4.79 Å². The third kappa shape index (κ3) is 2.74. The molecule has 1 saturated carbocycles. The Morgan fingerprint density at radius 1 is 1.15 bits per heavy atom. The van der Waals surface area contributed by atoms with Gasteiger partial charge in [-0.05, 0) is 46.0 Å². The first-order valence-electron chi connectivity index (χ1n) is 6.46. The molecule has 2 aromatic carbocycles. The summed E-state index contributed by atoms with van der Waals surface area (Å²) in [5.41, 5.74) is 1.96. The van der Waals surface area contributed by atoms with E-state index < -0.39 is 0 Å². The van der Waals surface area contributed by atoms with Crippen molar-refractivity contribution in [2.45, 2.75) is 12.3 Å². The molecule has 1 amide bonds. The van der Waals surface area contributed by atoms with Crippen LogP contribution in [0.25, 0.3) is 0 Å². The van der Waals surface area contributed by atoms with Crippen LogP contribution in [0.3, 0.4) is 0 Å². The molecule has 20 heavy (non-hydrogen) atoms. The highest BCUT2D eigenvalue weighted by Crippen LogP contribution is 2.48. The van der Waals surface area contributed by atoms with E-state index in [9.17, 15) is 4.79 Å². The molecule has 0 bridgehead atoms. The highest BCUT2D eigenvalue weighted by molar-refractivity contribution is 9.10. The minimum absolute atomic E-state index is 0.0572. The van der Waals surface area contributed by atoms with Crippen LogP contribution in [-0.4, -0.2) is 5.91 Å². The van der Waals surface area contributed by atoms with Crippen molar-refractivity contribution in [2.24, 2.45) is 5.92 Å². The summed E-state index contributed by atoms with van der Waals surface area (Å²) in [5.74, 6) is 0.458. The second-order valence-corrected chi connectivity index (χ2v) is 6.15. The average molecular weight is 351 g/mol. The van der Waals surface area contributed by atoms with E-state index in [0.29, 0.717) is 10.9 Å². The number of benzene rings is 2. The first kappa shape index (κ1) is 13.7. The second-order valence-electron chi connectivity index (χ2n) is 4.95. The lowest BCUT2D eigenvalue weighted by molar-refractivity contribution is -0.117. The molecule has 1 aliphatic rings. The maximum atomic E-state index is 12.2. The summed E-state index contributed by atoms with van der Waals surface area (Å²) in [5, 5.41) is 3.54. The molecule has 0 heterocycles. The second kappa shape index (κ2) is 5.58. The number of amides is 1. The Morgan fingerprint density at radius 3 is 2.65 bits per heavy atom. The number of anilines is 1. The standard InChI is InChI=1S/C16H13BrClNO/c17-15-13(18)7-4-8-14(15)19-16(20)12-9-11(12)10-5-2-1-3-6-10/h1-8,11-12H,9H2,(H,19,20). The van der Waals surface area contributed by atoms with E-state index in [1.54, 1.807) is 6.07 Å². The fourth-order valence-corrected chi connectivity index (χ4v) is 2.92. The Hall–Kier alpha value is -1.32. The molecular weight excluding hydrogens is 338 g/mol. The van der Waals surface area contributed by atoms with E-state index >= 15 is 0 Å². The van der Waals surface area contributed by atoms with Crippen LogP contribution in [0.5, 0.6) is 0 Å². The third-order valence-electron chi connectivity index (χ3n) is 3.56. The lowest BCUT2D eigenvalue weighted by Crippen LogP contribution is -2.14. The SMILES string of the molecule is O=C(Nc1cccc(Cl)c1Br)C1CC1c1ccccc1. The topological polar surface area (TPSA) is 29.1 Å². The molecule has 1 aliphatic carbocycles. The van der Waals surface area contributed by atoms with Crippen molar-refractivity contribution in [2.75, 3.05) is 5.32 Å². The Labute approximate surface area is 131 Å². The largest absolute Gasteiger partial charge is 0.325 e. The third-order valence-corrected chi connectivity index (χ3v) is 4.96. The first-order valence-corrected chi connectivity index (χ1v) is 7.63. The molecule has 0 aromatic heterocycles. The summed E-state index contributed by atoms with van der Waals surface area (Å²) in [6.45, 7) is 0. The van der Waals surface area contributed by atoms with Crippen LogP contribution in [0, 0.1) is 5.92 Å². The predicted octanol–water partition coefficient (Wildman–Crippen LogP) is 4.84. The van der Waals surface area contributed by atoms with Gasteiger partial charge in [-0.25, -0.2) is 0 Å². The minimum atomic E-state index is 0.0572. The summed E-state index contributed by atoms with van der Waals surface area (Å²) in [7, 11) is 0. The number of halogens is 2.